The Morgan fingerprint density at radius 3 is 1.78 bits per heavy atom. The van der Waals surface area contributed by atoms with Crippen molar-refractivity contribution < 1.29 is 0 Å². The maximum atomic E-state index is 5.43. The minimum absolute atomic E-state index is 0.843. The molecule has 5 heterocycles. The number of para-hydroxylation sites is 3. The summed E-state index contributed by atoms with van der Waals surface area (Å²) in [4.78, 5) is 14.8. The van der Waals surface area contributed by atoms with Crippen LogP contribution in [-0.2, 0) is 0 Å². The van der Waals surface area contributed by atoms with E-state index in [-0.39, 0.29) is 0 Å². The summed E-state index contributed by atoms with van der Waals surface area (Å²) in [5.41, 5.74) is 11.2. The van der Waals surface area contributed by atoms with Gasteiger partial charge in [0.05, 0.1) is 39.8 Å². The highest BCUT2D eigenvalue weighted by atomic mass is 15.2. The third kappa shape index (κ3) is 4.24. The highest BCUT2D eigenvalue weighted by Gasteiger charge is 2.25. The quantitative estimate of drug-likeness (QED) is 0.191. The van der Waals surface area contributed by atoms with E-state index in [1.165, 1.54) is 10.8 Å². The van der Waals surface area contributed by atoms with Gasteiger partial charge >= 0.3 is 0 Å². The number of imidazole rings is 1. The van der Waals surface area contributed by atoms with Gasteiger partial charge < -0.3 is 4.57 Å². The molecule has 6 nitrogen and oxygen atoms in total. The number of pyridine rings is 2. The molecular weight excluding hydrogens is 601 g/mol. The fraction of sp³-hybridized carbons (Fsp3) is 0. The lowest BCUT2D eigenvalue weighted by molar-refractivity contribution is 1.10. The molecule has 0 amide bonds. The summed E-state index contributed by atoms with van der Waals surface area (Å²) >= 11 is 0. The number of hydrogen-bond acceptors (Lipinski definition) is 3. The number of rotatable bonds is 5. The van der Waals surface area contributed by atoms with Gasteiger partial charge in [0.15, 0.2) is 5.65 Å². The summed E-state index contributed by atoms with van der Waals surface area (Å²) in [7, 11) is 0. The Morgan fingerprint density at radius 1 is 0.408 bits per heavy atom. The molecule has 0 N–H and O–H groups in total. The Morgan fingerprint density at radius 2 is 1.06 bits per heavy atom. The first-order valence-electron chi connectivity index (χ1n) is 16.4. The normalized spacial score (nSPS) is 11.7. The summed E-state index contributed by atoms with van der Waals surface area (Å²) in [5.74, 6) is 0.907. The lowest BCUT2D eigenvalue weighted by Crippen LogP contribution is -1.98. The molecule has 0 fully saturated rings. The molecule has 0 saturated heterocycles. The van der Waals surface area contributed by atoms with Crippen LogP contribution in [0, 0.1) is 0 Å². The molecule has 0 aliphatic carbocycles. The molecule has 0 aliphatic heterocycles. The average molecular weight is 629 g/mol. The summed E-state index contributed by atoms with van der Waals surface area (Å²) in [6, 6.07) is 54.9. The van der Waals surface area contributed by atoms with Crippen LogP contribution in [0.1, 0.15) is 0 Å². The zero-order valence-corrected chi connectivity index (χ0v) is 26.3. The van der Waals surface area contributed by atoms with Gasteiger partial charge in [0.25, 0.3) is 0 Å². The van der Waals surface area contributed by atoms with Crippen LogP contribution in [0.25, 0.3) is 83.7 Å². The predicted molar refractivity (Wildman–Crippen MR) is 199 cm³/mol. The number of hydrogen-bond donors (Lipinski definition) is 0. The first-order valence-corrected chi connectivity index (χ1v) is 16.4. The molecular formula is C43H28N6. The minimum Gasteiger partial charge on any atom is -0.308 e. The Bertz CT molecular complexity index is 2780. The van der Waals surface area contributed by atoms with Crippen LogP contribution in [0.2, 0.25) is 0 Å². The second-order valence-electron chi connectivity index (χ2n) is 12.2. The smallest absolute Gasteiger partial charge is 0.165 e. The van der Waals surface area contributed by atoms with Crippen LogP contribution in [0.15, 0.2) is 170 Å². The van der Waals surface area contributed by atoms with E-state index in [0.29, 0.717) is 0 Å². The van der Waals surface area contributed by atoms with Crippen LogP contribution < -0.4 is 0 Å². The molecule has 6 heteroatoms. The number of benzene rings is 5. The van der Waals surface area contributed by atoms with Crippen molar-refractivity contribution in [3.63, 3.8) is 0 Å². The molecule has 0 bridgehead atoms. The zero-order valence-electron chi connectivity index (χ0n) is 26.3. The summed E-state index contributed by atoms with van der Waals surface area (Å²) < 4.78 is 6.94. The van der Waals surface area contributed by atoms with Crippen molar-refractivity contribution in [2.24, 2.45) is 0 Å². The molecule has 0 atom stereocenters. The lowest BCUT2D eigenvalue weighted by Gasteiger charge is -2.11. The van der Waals surface area contributed by atoms with Crippen LogP contribution in [0.4, 0.5) is 0 Å². The second-order valence-corrected chi connectivity index (χ2v) is 12.2. The van der Waals surface area contributed by atoms with Gasteiger partial charge in [-0.05, 0) is 66.7 Å². The number of nitrogens with zero attached hydrogens (tertiary/aromatic N) is 6. The first-order chi connectivity index (χ1) is 24.3. The Labute approximate surface area is 281 Å². The van der Waals surface area contributed by atoms with Gasteiger partial charge in [-0.3, -0.25) is 19.1 Å². The van der Waals surface area contributed by atoms with Crippen LogP contribution in [-0.4, -0.2) is 28.7 Å². The molecule has 0 unspecified atom stereocenters. The van der Waals surface area contributed by atoms with E-state index < -0.39 is 0 Å². The number of aromatic nitrogens is 6. The predicted octanol–water partition coefficient (Wildman–Crippen LogP) is 10.2. The highest BCUT2D eigenvalue weighted by molar-refractivity contribution is 6.18. The maximum Gasteiger partial charge on any atom is 0.165 e. The van der Waals surface area contributed by atoms with Crippen molar-refractivity contribution >= 4 is 43.9 Å². The van der Waals surface area contributed by atoms with Crippen LogP contribution >= 0.6 is 0 Å². The number of fused-ring (bicyclic) bond motifs is 6. The second kappa shape index (κ2) is 10.9. The Kier molecular flexibility index (Phi) is 6.08. The zero-order chi connectivity index (χ0) is 32.3. The molecule has 230 valence electrons. The maximum absolute atomic E-state index is 5.43. The van der Waals surface area contributed by atoms with Gasteiger partial charge in [0.2, 0.25) is 0 Å². The lowest BCUT2D eigenvalue weighted by atomic mass is 10.1. The summed E-state index contributed by atoms with van der Waals surface area (Å²) in [6.45, 7) is 0. The van der Waals surface area contributed by atoms with Gasteiger partial charge in [0.1, 0.15) is 11.3 Å². The van der Waals surface area contributed by atoms with Crippen molar-refractivity contribution in [3.05, 3.63) is 170 Å². The van der Waals surface area contributed by atoms with E-state index in [2.05, 4.69) is 152 Å². The molecule has 49 heavy (non-hydrogen) atoms. The van der Waals surface area contributed by atoms with Crippen molar-refractivity contribution in [1.82, 2.24) is 28.7 Å². The molecule has 0 aliphatic rings. The van der Waals surface area contributed by atoms with Gasteiger partial charge in [-0.1, -0.05) is 91.0 Å². The van der Waals surface area contributed by atoms with Crippen molar-refractivity contribution in [1.29, 1.82) is 0 Å². The standard InChI is InChI=1S/C43H28N6/c1-4-14-29(15-5-1)42-46-43-41(49(42)31-18-8-3-9-19-31)35-26-34-33-20-10-11-22-38(33)47(32-23-24-37(45-28-32)36-21-12-13-25-44-36)39(34)27-40(35)48(43)30-16-6-2-7-17-30/h1-28H. The van der Waals surface area contributed by atoms with E-state index in [1.54, 1.807) is 6.20 Å². The molecule has 0 spiro atoms. The van der Waals surface area contributed by atoms with Gasteiger partial charge in [-0.15, -0.1) is 0 Å². The average Bonchev–Trinajstić information content (AvgIpc) is 3.82. The largest absolute Gasteiger partial charge is 0.308 e. The van der Waals surface area contributed by atoms with Gasteiger partial charge in [-0.2, -0.15) is 0 Å². The highest BCUT2D eigenvalue weighted by Crippen LogP contribution is 2.42. The van der Waals surface area contributed by atoms with E-state index in [0.717, 1.165) is 72.9 Å². The molecule has 5 aromatic carbocycles. The van der Waals surface area contributed by atoms with Crippen molar-refractivity contribution in [2.45, 2.75) is 0 Å². The fourth-order valence-electron chi connectivity index (χ4n) is 7.21. The van der Waals surface area contributed by atoms with Crippen molar-refractivity contribution in [2.75, 3.05) is 0 Å². The molecule has 5 aromatic heterocycles. The minimum atomic E-state index is 0.843. The SMILES string of the molecule is c1ccc(-c2nc3c(c4cc5c6ccccc6n(-c6ccc(-c7ccccn7)nc6)c5cc4n3-c3ccccc3)n2-c2ccccc2)cc1. The Hall–Kier alpha value is -6.79. The topological polar surface area (TPSA) is 53.5 Å². The van der Waals surface area contributed by atoms with Gasteiger partial charge in [-0.25, -0.2) is 4.98 Å². The van der Waals surface area contributed by atoms with Crippen LogP contribution in [0.5, 0.6) is 0 Å². The van der Waals surface area contributed by atoms with E-state index in [9.17, 15) is 0 Å². The van der Waals surface area contributed by atoms with Crippen LogP contribution in [0.3, 0.4) is 0 Å². The summed E-state index contributed by atoms with van der Waals surface area (Å²) in [5, 5.41) is 3.49. The van der Waals surface area contributed by atoms with E-state index in [4.69, 9.17) is 9.97 Å². The van der Waals surface area contributed by atoms with E-state index in [1.807, 2.05) is 30.5 Å². The monoisotopic (exact) mass is 628 g/mol. The Balaban J connectivity index is 1.32. The first kappa shape index (κ1) is 27.3. The molecule has 0 radical (unpaired) electrons. The summed E-state index contributed by atoms with van der Waals surface area (Å²) in [6.07, 6.45) is 3.75. The van der Waals surface area contributed by atoms with Crippen molar-refractivity contribution in [3.8, 4) is 39.8 Å². The van der Waals surface area contributed by atoms with Gasteiger partial charge in [0, 0.05) is 39.3 Å². The third-order valence-electron chi connectivity index (χ3n) is 9.35. The molecule has 10 aromatic rings. The van der Waals surface area contributed by atoms with E-state index >= 15 is 0 Å². The molecule has 0 saturated carbocycles. The molecule has 10 rings (SSSR count). The fourth-order valence-corrected chi connectivity index (χ4v) is 7.21. The third-order valence-corrected chi connectivity index (χ3v) is 9.35.